The molecule has 1 N–H and O–H groups in total. The van der Waals surface area contributed by atoms with E-state index in [0.29, 0.717) is 17.6 Å². The number of carbonyl (C=O) groups excluding carboxylic acids is 1. The molecular weight excluding hydrogens is 342 g/mol. The van der Waals surface area contributed by atoms with Gasteiger partial charge in [0, 0.05) is 28.7 Å². The summed E-state index contributed by atoms with van der Waals surface area (Å²) < 4.78 is 0. The maximum Gasteiger partial charge on any atom is 0.255 e. The molecular formula is C21H25N3OS. The predicted octanol–water partition coefficient (Wildman–Crippen LogP) is 3.83. The Morgan fingerprint density at radius 1 is 1.04 bits per heavy atom. The first-order valence-electron chi connectivity index (χ1n) is 9.40. The van der Waals surface area contributed by atoms with E-state index in [-0.39, 0.29) is 5.91 Å². The summed E-state index contributed by atoms with van der Waals surface area (Å²) in [5, 5.41) is 3.39. The highest BCUT2D eigenvalue weighted by Crippen LogP contribution is 2.32. The van der Waals surface area contributed by atoms with Gasteiger partial charge in [0.1, 0.15) is 0 Å². The number of hydrogen-bond acceptors (Lipinski definition) is 4. The van der Waals surface area contributed by atoms with Crippen LogP contribution in [0.1, 0.15) is 36.0 Å². The molecule has 0 spiro atoms. The Balaban J connectivity index is 1.52. The molecule has 1 aromatic carbocycles. The van der Waals surface area contributed by atoms with E-state index in [9.17, 15) is 4.79 Å². The molecule has 1 aromatic heterocycles. The first kappa shape index (κ1) is 17.6. The van der Waals surface area contributed by atoms with Crippen LogP contribution in [0.25, 0.3) is 11.3 Å². The number of benzene rings is 1. The number of thioether (sulfide) groups is 1. The molecule has 1 amide bonds. The van der Waals surface area contributed by atoms with Crippen molar-refractivity contribution in [1.29, 1.82) is 0 Å². The van der Waals surface area contributed by atoms with E-state index in [0.717, 1.165) is 50.0 Å². The number of amides is 1. The standard InChI is InChI=1S/C21H25N3OS/c1-26-19-7-2-15(3-8-19)20-9-4-16(14-23-20)21(25)24(17-5-6-17)18-10-12-22-13-11-18/h2-4,7-9,14,17-18,22H,5-6,10-13H2,1H3. The van der Waals surface area contributed by atoms with Gasteiger partial charge < -0.3 is 10.2 Å². The summed E-state index contributed by atoms with van der Waals surface area (Å²) >= 11 is 1.73. The molecule has 2 aromatic rings. The molecule has 1 aliphatic heterocycles. The van der Waals surface area contributed by atoms with Gasteiger partial charge in [-0.05, 0) is 69.3 Å². The normalized spacial score (nSPS) is 17.9. The Kier molecular flexibility index (Phi) is 5.27. The largest absolute Gasteiger partial charge is 0.333 e. The molecule has 0 atom stereocenters. The fourth-order valence-corrected chi connectivity index (χ4v) is 4.08. The number of hydrogen-bond donors (Lipinski definition) is 1. The van der Waals surface area contributed by atoms with Crippen LogP contribution in [0.3, 0.4) is 0 Å². The van der Waals surface area contributed by atoms with Gasteiger partial charge in [0.25, 0.3) is 5.91 Å². The molecule has 1 saturated heterocycles. The zero-order chi connectivity index (χ0) is 17.9. The summed E-state index contributed by atoms with van der Waals surface area (Å²) in [5.41, 5.74) is 2.70. The molecule has 0 bridgehead atoms. The molecule has 136 valence electrons. The molecule has 4 rings (SSSR count). The highest BCUT2D eigenvalue weighted by molar-refractivity contribution is 7.98. The molecule has 2 heterocycles. The van der Waals surface area contributed by atoms with Crippen LogP contribution >= 0.6 is 11.8 Å². The van der Waals surface area contributed by atoms with Crippen molar-refractivity contribution >= 4 is 17.7 Å². The first-order valence-corrected chi connectivity index (χ1v) is 10.6. The van der Waals surface area contributed by atoms with Crippen LogP contribution < -0.4 is 5.32 Å². The van der Waals surface area contributed by atoms with Crippen molar-refractivity contribution in [3.63, 3.8) is 0 Å². The lowest BCUT2D eigenvalue weighted by atomic mass is 10.0. The van der Waals surface area contributed by atoms with Crippen LogP contribution in [0, 0.1) is 0 Å². The van der Waals surface area contributed by atoms with Crippen molar-refractivity contribution in [3.05, 3.63) is 48.2 Å². The SMILES string of the molecule is CSc1ccc(-c2ccc(C(=O)N(C3CCNCC3)C3CC3)cn2)cc1. The Hall–Kier alpha value is -1.85. The summed E-state index contributed by atoms with van der Waals surface area (Å²) in [6, 6.07) is 13.1. The van der Waals surface area contributed by atoms with Crippen molar-refractivity contribution in [2.24, 2.45) is 0 Å². The number of piperidine rings is 1. The second kappa shape index (κ2) is 7.80. The lowest BCUT2D eigenvalue weighted by Crippen LogP contribution is -2.47. The number of nitrogens with one attached hydrogen (secondary N) is 1. The number of carbonyl (C=O) groups is 1. The van der Waals surface area contributed by atoms with Crippen LogP contribution in [-0.4, -0.2) is 47.2 Å². The molecule has 4 nitrogen and oxygen atoms in total. The minimum Gasteiger partial charge on any atom is -0.333 e. The smallest absolute Gasteiger partial charge is 0.255 e. The van der Waals surface area contributed by atoms with Gasteiger partial charge in [-0.15, -0.1) is 11.8 Å². The number of aromatic nitrogens is 1. The predicted molar refractivity (Wildman–Crippen MR) is 107 cm³/mol. The fourth-order valence-electron chi connectivity index (χ4n) is 3.67. The van der Waals surface area contributed by atoms with E-state index >= 15 is 0 Å². The van der Waals surface area contributed by atoms with Gasteiger partial charge in [-0.3, -0.25) is 9.78 Å². The Morgan fingerprint density at radius 3 is 2.31 bits per heavy atom. The first-order chi connectivity index (χ1) is 12.8. The van der Waals surface area contributed by atoms with Gasteiger partial charge in [0.15, 0.2) is 0 Å². The third-order valence-corrected chi connectivity index (χ3v) is 6.02. The van der Waals surface area contributed by atoms with Crippen molar-refractivity contribution in [3.8, 4) is 11.3 Å². The number of rotatable bonds is 5. The molecule has 1 aliphatic carbocycles. The maximum atomic E-state index is 13.1. The zero-order valence-corrected chi connectivity index (χ0v) is 16.0. The fraction of sp³-hybridized carbons (Fsp3) is 0.429. The van der Waals surface area contributed by atoms with E-state index in [1.807, 2.05) is 12.1 Å². The van der Waals surface area contributed by atoms with Crippen molar-refractivity contribution in [2.75, 3.05) is 19.3 Å². The zero-order valence-electron chi connectivity index (χ0n) is 15.1. The van der Waals surface area contributed by atoms with Crippen LogP contribution in [0.15, 0.2) is 47.5 Å². The molecule has 2 fully saturated rings. The topological polar surface area (TPSA) is 45.2 Å². The number of nitrogens with zero attached hydrogens (tertiary/aromatic N) is 2. The van der Waals surface area contributed by atoms with Gasteiger partial charge in [-0.25, -0.2) is 0 Å². The molecule has 0 unspecified atom stereocenters. The van der Waals surface area contributed by atoms with Crippen LogP contribution in [0.4, 0.5) is 0 Å². The minimum absolute atomic E-state index is 0.149. The van der Waals surface area contributed by atoms with Crippen LogP contribution in [0.5, 0.6) is 0 Å². The monoisotopic (exact) mass is 367 g/mol. The summed E-state index contributed by atoms with van der Waals surface area (Å²) in [6.07, 6.45) is 8.20. The third-order valence-electron chi connectivity index (χ3n) is 5.27. The van der Waals surface area contributed by atoms with Gasteiger partial charge in [-0.1, -0.05) is 12.1 Å². The average molecular weight is 368 g/mol. The van der Waals surface area contributed by atoms with E-state index in [2.05, 4.69) is 45.7 Å². The third kappa shape index (κ3) is 3.79. The molecule has 1 saturated carbocycles. The van der Waals surface area contributed by atoms with Crippen molar-refractivity contribution in [2.45, 2.75) is 42.7 Å². The summed E-state index contributed by atoms with van der Waals surface area (Å²) in [4.78, 5) is 21.1. The van der Waals surface area contributed by atoms with Crippen LogP contribution in [0.2, 0.25) is 0 Å². The molecule has 5 heteroatoms. The maximum absolute atomic E-state index is 13.1. The summed E-state index contributed by atoms with van der Waals surface area (Å²) in [5.74, 6) is 0.149. The van der Waals surface area contributed by atoms with Gasteiger partial charge in [0.05, 0.1) is 11.3 Å². The minimum atomic E-state index is 0.149. The molecule has 2 aliphatic rings. The second-order valence-electron chi connectivity index (χ2n) is 7.09. The van der Waals surface area contributed by atoms with Crippen molar-refractivity contribution in [1.82, 2.24) is 15.2 Å². The van der Waals surface area contributed by atoms with E-state index < -0.39 is 0 Å². The lowest BCUT2D eigenvalue weighted by Gasteiger charge is -2.35. The van der Waals surface area contributed by atoms with E-state index in [1.165, 1.54) is 4.90 Å². The van der Waals surface area contributed by atoms with Crippen LogP contribution in [-0.2, 0) is 0 Å². The van der Waals surface area contributed by atoms with Crippen molar-refractivity contribution < 1.29 is 4.79 Å². The van der Waals surface area contributed by atoms with E-state index in [4.69, 9.17) is 0 Å². The van der Waals surface area contributed by atoms with Gasteiger partial charge in [-0.2, -0.15) is 0 Å². The Morgan fingerprint density at radius 2 is 1.73 bits per heavy atom. The highest BCUT2D eigenvalue weighted by Gasteiger charge is 2.38. The molecule has 26 heavy (non-hydrogen) atoms. The lowest BCUT2D eigenvalue weighted by molar-refractivity contribution is 0.0622. The second-order valence-corrected chi connectivity index (χ2v) is 7.97. The quantitative estimate of drug-likeness (QED) is 0.816. The Labute approximate surface area is 159 Å². The van der Waals surface area contributed by atoms with Gasteiger partial charge in [0.2, 0.25) is 0 Å². The Bertz CT molecular complexity index is 750. The molecule has 0 radical (unpaired) electrons. The highest BCUT2D eigenvalue weighted by atomic mass is 32.2. The summed E-state index contributed by atoms with van der Waals surface area (Å²) in [6.45, 7) is 2.01. The summed E-state index contributed by atoms with van der Waals surface area (Å²) in [7, 11) is 0. The number of pyridine rings is 1. The van der Waals surface area contributed by atoms with Gasteiger partial charge >= 0.3 is 0 Å². The van der Waals surface area contributed by atoms with E-state index in [1.54, 1.807) is 18.0 Å². The average Bonchev–Trinajstić information content (AvgIpc) is 3.54.